The fourth-order valence-corrected chi connectivity index (χ4v) is 4.82. The summed E-state index contributed by atoms with van der Waals surface area (Å²) in [6, 6.07) is 18.0. The van der Waals surface area contributed by atoms with Crippen molar-refractivity contribution in [3.63, 3.8) is 0 Å². The molecule has 140 valence electrons. The van der Waals surface area contributed by atoms with Gasteiger partial charge in [0.2, 0.25) is 0 Å². The van der Waals surface area contributed by atoms with Gasteiger partial charge >= 0.3 is 0 Å². The first-order chi connectivity index (χ1) is 13.7. The Balaban J connectivity index is 1.73. The van der Waals surface area contributed by atoms with E-state index in [0.717, 1.165) is 17.7 Å². The van der Waals surface area contributed by atoms with E-state index in [2.05, 4.69) is 53.9 Å². The van der Waals surface area contributed by atoms with Crippen LogP contribution in [0.2, 0.25) is 0 Å². The van der Waals surface area contributed by atoms with Crippen LogP contribution in [0.3, 0.4) is 0 Å². The van der Waals surface area contributed by atoms with Gasteiger partial charge < -0.3 is 10.1 Å². The zero-order chi connectivity index (χ0) is 19.3. The third-order valence-corrected chi connectivity index (χ3v) is 6.03. The molecule has 0 saturated heterocycles. The molecule has 0 amide bonds. The zero-order valence-corrected chi connectivity index (χ0v) is 15.5. The standard InChI is InChI=1S/C23H20N2O3/c1-28-20-13-12-19(25(26)27)21-16-9-5-11-18(16)22(24-23(20)21)17-10-4-7-14-6-2-3-8-15(14)17/h2-10,12-13,16,18,22,24H,11H2,1H3/t16-,18+,22-/m1/s1. The number of rotatable bonds is 3. The number of nitrogens with zero attached hydrogens (tertiary/aromatic N) is 1. The summed E-state index contributed by atoms with van der Waals surface area (Å²) in [5, 5.41) is 17.7. The van der Waals surface area contributed by atoms with Crippen LogP contribution in [0.4, 0.5) is 11.4 Å². The number of nitro groups is 1. The Morgan fingerprint density at radius 3 is 2.75 bits per heavy atom. The van der Waals surface area contributed by atoms with Gasteiger partial charge in [-0.25, -0.2) is 0 Å². The molecule has 3 aromatic carbocycles. The van der Waals surface area contributed by atoms with Gasteiger partial charge in [0.1, 0.15) is 5.75 Å². The number of hydrogen-bond acceptors (Lipinski definition) is 4. The predicted molar refractivity (Wildman–Crippen MR) is 110 cm³/mol. The number of ether oxygens (including phenoxy) is 1. The minimum atomic E-state index is -0.290. The Morgan fingerprint density at radius 1 is 1.11 bits per heavy atom. The van der Waals surface area contributed by atoms with E-state index in [1.165, 1.54) is 16.3 Å². The number of allylic oxidation sites excluding steroid dienone is 2. The molecule has 3 atom stereocenters. The van der Waals surface area contributed by atoms with Crippen molar-refractivity contribution >= 4 is 22.1 Å². The van der Waals surface area contributed by atoms with Crippen LogP contribution in [0.5, 0.6) is 5.75 Å². The van der Waals surface area contributed by atoms with Gasteiger partial charge in [-0.05, 0) is 34.7 Å². The monoisotopic (exact) mass is 372 g/mol. The molecule has 0 saturated carbocycles. The molecule has 0 bridgehead atoms. The van der Waals surface area contributed by atoms with E-state index in [0.29, 0.717) is 5.75 Å². The molecule has 0 spiro atoms. The number of benzene rings is 3. The fourth-order valence-electron chi connectivity index (χ4n) is 4.82. The molecule has 1 heterocycles. The molecule has 1 N–H and O–H groups in total. The van der Waals surface area contributed by atoms with Crippen LogP contribution in [0.25, 0.3) is 10.8 Å². The van der Waals surface area contributed by atoms with Gasteiger partial charge in [0.05, 0.1) is 29.3 Å². The molecule has 5 nitrogen and oxygen atoms in total. The van der Waals surface area contributed by atoms with Crippen molar-refractivity contribution in [2.24, 2.45) is 5.92 Å². The summed E-state index contributed by atoms with van der Waals surface area (Å²) >= 11 is 0. The lowest BCUT2D eigenvalue weighted by molar-refractivity contribution is -0.385. The van der Waals surface area contributed by atoms with Crippen LogP contribution in [0, 0.1) is 16.0 Å². The molecular formula is C23H20N2O3. The van der Waals surface area contributed by atoms with Crippen LogP contribution < -0.4 is 10.1 Å². The summed E-state index contributed by atoms with van der Waals surface area (Å²) in [4.78, 5) is 11.4. The Hall–Kier alpha value is -3.34. The molecule has 1 aliphatic carbocycles. The highest BCUT2D eigenvalue weighted by atomic mass is 16.6. The highest BCUT2D eigenvalue weighted by Crippen LogP contribution is 2.55. The van der Waals surface area contributed by atoms with Gasteiger partial charge in [0.15, 0.2) is 0 Å². The first-order valence-corrected chi connectivity index (χ1v) is 9.45. The Morgan fingerprint density at radius 2 is 1.93 bits per heavy atom. The quantitative estimate of drug-likeness (QED) is 0.370. The minimum absolute atomic E-state index is 0.00396. The topological polar surface area (TPSA) is 64.4 Å². The normalized spacial score (nSPS) is 22.4. The molecule has 5 rings (SSSR count). The number of nitrogens with one attached hydrogen (secondary N) is 1. The number of fused-ring (bicyclic) bond motifs is 4. The Labute approximate surface area is 162 Å². The molecular weight excluding hydrogens is 352 g/mol. The second-order valence-corrected chi connectivity index (χ2v) is 7.38. The molecule has 0 fully saturated rings. The van der Waals surface area contributed by atoms with Crippen LogP contribution in [0.1, 0.15) is 29.5 Å². The van der Waals surface area contributed by atoms with Crippen LogP contribution in [-0.4, -0.2) is 12.0 Å². The smallest absolute Gasteiger partial charge is 0.275 e. The maximum atomic E-state index is 11.7. The van der Waals surface area contributed by atoms with E-state index in [4.69, 9.17) is 4.74 Å². The summed E-state index contributed by atoms with van der Waals surface area (Å²) in [7, 11) is 1.60. The zero-order valence-electron chi connectivity index (χ0n) is 15.5. The van der Waals surface area contributed by atoms with E-state index in [9.17, 15) is 10.1 Å². The van der Waals surface area contributed by atoms with Crippen molar-refractivity contribution < 1.29 is 9.66 Å². The molecule has 2 aliphatic rings. The number of hydrogen-bond donors (Lipinski definition) is 1. The molecule has 28 heavy (non-hydrogen) atoms. The molecule has 5 heteroatoms. The van der Waals surface area contributed by atoms with Crippen LogP contribution in [0.15, 0.2) is 66.7 Å². The van der Waals surface area contributed by atoms with Gasteiger partial charge in [0.25, 0.3) is 5.69 Å². The summed E-state index contributed by atoms with van der Waals surface area (Å²) in [5.74, 6) is 0.865. The molecule has 0 aromatic heterocycles. The van der Waals surface area contributed by atoms with Crippen molar-refractivity contribution in [2.45, 2.75) is 18.4 Å². The number of nitro benzene ring substituents is 1. The SMILES string of the molecule is COc1ccc([N+](=O)[O-])c2c1N[C@H](c1cccc3ccccc13)[C@H]1CC=C[C@@H]21. The second kappa shape index (κ2) is 6.37. The number of methoxy groups -OCH3 is 1. The maximum absolute atomic E-state index is 11.7. The van der Waals surface area contributed by atoms with Crippen molar-refractivity contribution in [2.75, 3.05) is 12.4 Å². The minimum Gasteiger partial charge on any atom is -0.495 e. The van der Waals surface area contributed by atoms with Crippen molar-refractivity contribution in [3.8, 4) is 5.75 Å². The Kier molecular flexibility index (Phi) is 3.83. The van der Waals surface area contributed by atoms with Gasteiger partial charge in [-0.15, -0.1) is 0 Å². The van der Waals surface area contributed by atoms with Crippen LogP contribution >= 0.6 is 0 Å². The molecule has 0 radical (unpaired) electrons. The van der Waals surface area contributed by atoms with E-state index in [1.807, 2.05) is 6.07 Å². The van der Waals surface area contributed by atoms with E-state index < -0.39 is 0 Å². The third kappa shape index (κ3) is 2.39. The van der Waals surface area contributed by atoms with E-state index in [-0.39, 0.29) is 28.5 Å². The Bertz CT molecular complexity index is 1120. The third-order valence-electron chi connectivity index (χ3n) is 6.03. The van der Waals surface area contributed by atoms with E-state index >= 15 is 0 Å². The maximum Gasteiger partial charge on any atom is 0.275 e. The molecule has 1 aliphatic heterocycles. The van der Waals surface area contributed by atoms with Gasteiger partial charge in [-0.2, -0.15) is 0 Å². The van der Waals surface area contributed by atoms with Crippen molar-refractivity contribution in [1.29, 1.82) is 0 Å². The van der Waals surface area contributed by atoms with Gasteiger partial charge in [0, 0.05) is 12.0 Å². The van der Waals surface area contributed by atoms with Gasteiger partial charge in [-0.3, -0.25) is 10.1 Å². The highest BCUT2D eigenvalue weighted by Gasteiger charge is 2.43. The van der Waals surface area contributed by atoms with Gasteiger partial charge in [-0.1, -0.05) is 54.6 Å². The lowest BCUT2D eigenvalue weighted by Crippen LogP contribution is -2.30. The van der Waals surface area contributed by atoms with Crippen molar-refractivity contribution in [3.05, 3.63) is 88.0 Å². The number of anilines is 1. The van der Waals surface area contributed by atoms with Crippen LogP contribution in [-0.2, 0) is 0 Å². The largest absolute Gasteiger partial charge is 0.495 e. The summed E-state index contributed by atoms with van der Waals surface area (Å²) < 4.78 is 5.56. The molecule has 3 aromatic rings. The van der Waals surface area contributed by atoms with Crippen molar-refractivity contribution in [1.82, 2.24) is 0 Å². The average Bonchev–Trinajstić information content (AvgIpc) is 3.22. The summed E-state index contributed by atoms with van der Waals surface area (Å²) in [5.41, 5.74) is 2.85. The summed E-state index contributed by atoms with van der Waals surface area (Å²) in [6.07, 6.45) is 5.15. The predicted octanol–water partition coefficient (Wildman–Crippen LogP) is 5.58. The second-order valence-electron chi connectivity index (χ2n) is 7.38. The lowest BCUT2D eigenvalue weighted by Gasteiger charge is -2.38. The van der Waals surface area contributed by atoms with E-state index in [1.54, 1.807) is 19.2 Å². The first kappa shape index (κ1) is 16.8. The summed E-state index contributed by atoms with van der Waals surface area (Å²) in [6.45, 7) is 0. The lowest BCUT2D eigenvalue weighted by atomic mass is 9.75. The highest BCUT2D eigenvalue weighted by molar-refractivity contribution is 5.87. The molecule has 0 unspecified atom stereocenters. The average molecular weight is 372 g/mol. The first-order valence-electron chi connectivity index (χ1n) is 9.45. The fraction of sp³-hybridized carbons (Fsp3) is 0.217.